The van der Waals surface area contributed by atoms with Gasteiger partial charge in [0.2, 0.25) is 0 Å². The van der Waals surface area contributed by atoms with Crippen molar-refractivity contribution in [3.63, 3.8) is 0 Å². The largest absolute Gasteiger partial charge is 0.366 e. The van der Waals surface area contributed by atoms with E-state index < -0.39 is 5.91 Å². The van der Waals surface area contributed by atoms with Crippen molar-refractivity contribution in [3.05, 3.63) is 46.4 Å². The first-order valence-corrected chi connectivity index (χ1v) is 6.57. The highest BCUT2D eigenvalue weighted by atomic mass is 16.1. The lowest BCUT2D eigenvalue weighted by molar-refractivity contribution is 0.100. The Hall–Kier alpha value is -2.14. The predicted molar refractivity (Wildman–Crippen MR) is 79.9 cm³/mol. The van der Waals surface area contributed by atoms with Crippen molar-refractivity contribution in [3.8, 4) is 0 Å². The lowest BCUT2D eigenvalue weighted by atomic mass is 10.1. The molecule has 5 nitrogen and oxygen atoms in total. The average Bonchev–Trinajstić information content (AvgIpc) is 2.41. The van der Waals surface area contributed by atoms with Crippen molar-refractivity contribution < 1.29 is 4.79 Å². The van der Waals surface area contributed by atoms with Gasteiger partial charge in [-0.1, -0.05) is 18.2 Å². The van der Waals surface area contributed by atoms with Crippen molar-refractivity contribution in [2.24, 2.45) is 5.73 Å². The molecule has 1 aromatic carbocycles. The SMILES string of the molecule is CN(C)CCCn1cc(C(N)=O)c2ccccc2c1=O. The molecule has 0 unspecified atom stereocenters. The highest BCUT2D eigenvalue weighted by Crippen LogP contribution is 2.14. The smallest absolute Gasteiger partial charge is 0.258 e. The van der Waals surface area contributed by atoms with E-state index in [9.17, 15) is 9.59 Å². The minimum Gasteiger partial charge on any atom is -0.366 e. The summed E-state index contributed by atoms with van der Waals surface area (Å²) in [6.07, 6.45) is 2.41. The molecule has 0 spiro atoms. The van der Waals surface area contributed by atoms with Crippen LogP contribution in [0, 0.1) is 0 Å². The molecular formula is C15H19N3O2. The number of aryl methyl sites for hydroxylation is 1. The molecule has 2 aromatic rings. The average molecular weight is 273 g/mol. The topological polar surface area (TPSA) is 68.3 Å². The molecule has 0 fully saturated rings. The fourth-order valence-electron chi connectivity index (χ4n) is 2.26. The maximum absolute atomic E-state index is 12.4. The zero-order valence-corrected chi connectivity index (χ0v) is 11.8. The monoisotopic (exact) mass is 273 g/mol. The van der Waals surface area contributed by atoms with Crippen molar-refractivity contribution in [2.45, 2.75) is 13.0 Å². The number of nitrogens with two attached hydrogens (primary N) is 1. The third-order valence-electron chi connectivity index (χ3n) is 3.26. The van der Waals surface area contributed by atoms with Crippen LogP contribution >= 0.6 is 0 Å². The fraction of sp³-hybridized carbons (Fsp3) is 0.333. The molecule has 0 atom stereocenters. The summed E-state index contributed by atoms with van der Waals surface area (Å²) in [6.45, 7) is 1.45. The number of nitrogens with zero attached hydrogens (tertiary/aromatic N) is 2. The normalized spacial score (nSPS) is 11.2. The van der Waals surface area contributed by atoms with E-state index in [1.54, 1.807) is 35.0 Å². The van der Waals surface area contributed by atoms with E-state index in [2.05, 4.69) is 4.90 Å². The molecule has 0 aliphatic heterocycles. The van der Waals surface area contributed by atoms with Crippen molar-refractivity contribution in [2.75, 3.05) is 20.6 Å². The van der Waals surface area contributed by atoms with Gasteiger partial charge in [0.15, 0.2) is 0 Å². The number of pyridine rings is 1. The summed E-state index contributed by atoms with van der Waals surface area (Å²) >= 11 is 0. The molecule has 0 bridgehead atoms. The fourth-order valence-corrected chi connectivity index (χ4v) is 2.26. The number of primary amides is 1. The Morgan fingerprint density at radius 2 is 1.90 bits per heavy atom. The Morgan fingerprint density at radius 1 is 1.25 bits per heavy atom. The summed E-state index contributed by atoms with van der Waals surface area (Å²) in [6, 6.07) is 7.07. The summed E-state index contributed by atoms with van der Waals surface area (Å²) in [5.74, 6) is -0.512. The maximum Gasteiger partial charge on any atom is 0.258 e. The summed E-state index contributed by atoms with van der Waals surface area (Å²) in [5.41, 5.74) is 5.73. The zero-order chi connectivity index (χ0) is 14.7. The first-order chi connectivity index (χ1) is 9.50. The number of aromatic nitrogens is 1. The minimum absolute atomic E-state index is 0.0793. The van der Waals surface area contributed by atoms with Crippen molar-refractivity contribution in [1.29, 1.82) is 0 Å². The Morgan fingerprint density at radius 3 is 2.50 bits per heavy atom. The van der Waals surface area contributed by atoms with Gasteiger partial charge in [-0.2, -0.15) is 0 Å². The Labute approximate surface area is 117 Å². The first kappa shape index (κ1) is 14.3. The van der Waals surface area contributed by atoms with Crippen molar-refractivity contribution >= 4 is 16.7 Å². The number of hydrogen-bond acceptors (Lipinski definition) is 3. The van der Waals surface area contributed by atoms with Gasteiger partial charge in [0.1, 0.15) is 0 Å². The Balaban J connectivity index is 2.48. The van der Waals surface area contributed by atoms with Gasteiger partial charge < -0.3 is 15.2 Å². The van der Waals surface area contributed by atoms with Gasteiger partial charge in [0, 0.05) is 23.5 Å². The Bertz CT molecular complexity index is 689. The van der Waals surface area contributed by atoms with Crippen LogP contribution in [0.25, 0.3) is 10.8 Å². The molecule has 0 saturated carbocycles. The lowest BCUT2D eigenvalue weighted by Crippen LogP contribution is -2.25. The van der Waals surface area contributed by atoms with Crippen LogP contribution < -0.4 is 11.3 Å². The van der Waals surface area contributed by atoms with E-state index in [-0.39, 0.29) is 5.56 Å². The number of amides is 1. The molecule has 0 saturated heterocycles. The molecule has 1 heterocycles. The Kier molecular flexibility index (Phi) is 4.20. The van der Waals surface area contributed by atoms with Gasteiger partial charge in [-0.15, -0.1) is 0 Å². The summed E-state index contributed by atoms with van der Waals surface area (Å²) in [7, 11) is 3.97. The molecule has 5 heteroatoms. The molecular weight excluding hydrogens is 254 g/mol. The number of rotatable bonds is 5. The zero-order valence-electron chi connectivity index (χ0n) is 11.8. The van der Waals surface area contributed by atoms with Crippen LogP contribution in [-0.2, 0) is 6.54 Å². The summed E-state index contributed by atoms with van der Waals surface area (Å²) in [5, 5.41) is 1.16. The second-order valence-electron chi connectivity index (χ2n) is 5.11. The van der Waals surface area contributed by atoms with Gasteiger partial charge in [-0.05, 0) is 33.1 Å². The van der Waals surface area contributed by atoms with Crippen LogP contribution in [0.3, 0.4) is 0 Å². The van der Waals surface area contributed by atoms with E-state index in [1.807, 2.05) is 14.1 Å². The van der Waals surface area contributed by atoms with Gasteiger partial charge in [-0.25, -0.2) is 0 Å². The predicted octanol–water partition coefficient (Wildman–Crippen LogP) is 1.05. The maximum atomic E-state index is 12.4. The molecule has 0 aliphatic carbocycles. The van der Waals surface area contributed by atoms with E-state index in [0.29, 0.717) is 22.9 Å². The minimum atomic E-state index is -0.512. The highest BCUT2D eigenvalue weighted by Gasteiger charge is 2.11. The summed E-state index contributed by atoms with van der Waals surface area (Å²) in [4.78, 5) is 26.0. The molecule has 20 heavy (non-hydrogen) atoms. The van der Waals surface area contributed by atoms with E-state index >= 15 is 0 Å². The van der Waals surface area contributed by atoms with Crippen LogP contribution in [0.2, 0.25) is 0 Å². The van der Waals surface area contributed by atoms with E-state index in [0.717, 1.165) is 13.0 Å². The van der Waals surface area contributed by atoms with Gasteiger partial charge in [0.05, 0.1) is 5.56 Å². The molecule has 2 N–H and O–H groups in total. The van der Waals surface area contributed by atoms with Crippen LogP contribution in [0.1, 0.15) is 16.8 Å². The lowest BCUT2D eigenvalue weighted by Gasteiger charge is -2.12. The third kappa shape index (κ3) is 2.88. The second kappa shape index (κ2) is 5.88. The standard InChI is InChI=1S/C15H19N3O2/c1-17(2)8-5-9-18-10-13(14(16)19)11-6-3-4-7-12(11)15(18)20/h3-4,6-7,10H,5,8-9H2,1-2H3,(H2,16,19). The molecule has 1 aromatic heterocycles. The molecule has 2 rings (SSSR count). The second-order valence-corrected chi connectivity index (χ2v) is 5.11. The van der Waals surface area contributed by atoms with Crippen LogP contribution in [0.4, 0.5) is 0 Å². The first-order valence-electron chi connectivity index (χ1n) is 6.57. The number of fused-ring (bicyclic) bond motifs is 1. The van der Waals surface area contributed by atoms with Crippen LogP contribution in [0.15, 0.2) is 35.3 Å². The molecule has 106 valence electrons. The van der Waals surface area contributed by atoms with Gasteiger partial charge in [-0.3, -0.25) is 9.59 Å². The molecule has 1 amide bonds. The third-order valence-corrected chi connectivity index (χ3v) is 3.26. The van der Waals surface area contributed by atoms with E-state index in [1.165, 1.54) is 0 Å². The molecule has 0 aliphatic rings. The van der Waals surface area contributed by atoms with Crippen molar-refractivity contribution in [1.82, 2.24) is 9.47 Å². The number of carbonyl (C=O) groups is 1. The quantitative estimate of drug-likeness (QED) is 0.885. The summed E-state index contributed by atoms with van der Waals surface area (Å²) < 4.78 is 1.58. The van der Waals surface area contributed by atoms with E-state index in [4.69, 9.17) is 5.73 Å². The van der Waals surface area contributed by atoms with Crippen LogP contribution in [-0.4, -0.2) is 36.0 Å². The van der Waals surface area contributed by atoms with Crippen LogP contribution in [0.5, 0.6) is 0 Å². The number of benzene rings is 1. The molecule has 0 radical (unpaired) electrons. The number of hydrogen-bond donors (Lipinski definition) is 1. The number of carbonyl (C=O) groups excluding carboxylic acids is 1. The highest BCUT2D eigenvalue weighted by molar-refractivity contribution is 6.05. The van der Waals surface area contributed by atoms with Gasteiger partial charge in [0.25, 0.3) is 11.5 Å². The van der Waals surface area contributed by atoms with Gasteiger partial charge >= 0.3 is 0 Å².